The van der Waals surface area contributed by atoms with Crippen molar-refractivity contribution in [1.29, 1.82) is 0 Å². The molecule has 2 heterocycles. The predicted octanol–water partition coefficient (Wildman–Crippen LogP) is 3.56. The largest absolute Gasteiger partial charge is 0.452 e. The van der Waals surface area contributed by atoms with Crippen LogP contribution in [-0.4, -0.2) is 33.4 Å². The van der Waals surface area contributed by atoms with Crippen LogP contribution >= 0.6 is 22.9 Å². The van der Waals surface area contributed by atoms with Crippen LogP contribution < -0.4 is 5.32 Å². The standard InChI is InChI=1S/C17H11ClN4O5S/c18-14-5-4-11(7-19-14)16(24)27-8-15(23)21-17-20-13(9-28-17)10-2-1-3-12(6-10)22(25)26/h1-7,9H,8H2,(H,20,21,23). The maximum atomic E-state index is 11.9. The van der Waals surface area contributed by atoms with Gasteiger partial charge in [0.2, 0.25) is 0 Å². The average Bonchev–Trinajstić information content (AvgIpc) is 3.15. The molecule has 3 rings (SSSR count). The molecule has 1 amide bonds. The van der Waals surface area contributed by atoms with E-state index < -0.39 is 23.4 Å². The zero-order chi connectivity index (χ0) is 20.1. The molecule has 0 fully saturated rings. The summed E-state index contributed by atoms with van der Waals surface area (Å²) in [5.41, 5.74) is 1.14. The molecule has 11 heteroatoms. The molecule has 9 nitrogen and oxygen atoms in total. The second-order valence-electron chi connectivity index (χ2n) is 5.34. The average molecular weight is 419 g/mol. The van der Waals surface area contributed by atoms with E-state index in [-0.39, 0.29) is 21.5 Å². The van der Waals surface area contributed by atoms with Crippen LogP contribution in [0.4, 0.5) is 10.8 Å². The summed E-state index contributed by atoms with van der Waals surface area (Å²) in [5.74, 6) is -1.29. The minimum Gasteiger partial charge on any atom is -0.452 e. The van der Waals surface area contributed by atoms with Crippen LogP contribution in [0.1, 0.15) is 10.4 Å². The Morgan fingerprint density at radius 1 is 1.29 bits per heavy atom. The number of carbonyl (C=O) groups excluding carboxylic acids is 2. The monoisotopic (exact) mass is 418 g/mol. The van der Waals surface area contributed by atoms with E-state index in [0.29, 0.717) is 11.3 Å². The Morgan fingerprint density at radius 2 is 2.11 bits per heavy atom. The molecule has 28 heavy (non-hydrogen) atoms. The number of pyridine rings is 1. The molecule has 1 aromatic carbocycles. The van der Waals surface area contributed by atoms with Gasteiger partial charge in [0.25, 0.3) is 11.6 Å². The number of rotatable bonds is 6. The van der Waals surface area contributed by atoms with E-state index in [9.17, 15) is 19.7 Å². The topological polar surface area (TPSA) is 124 Å². The number of nitrogens with one attached hydrogen (secondary N) is 1. The summed E-state index contributed by atoms with van der Waals surface area (Å²) in [6.45, 7) is -0.507. The molecule has 0 aliphatic carbocycles. The van der Waals surface area contributed by atoms with Crippen molar-refractivity contribution in [3.05, 3.63) is 68.8 Å². The number of aromatic nitrogens is 2. The van der Waals surface area contributed by atoms with Crippen molar-refractivity contribution < 1.29 is 19.2 Å². The van der Waals surface area contributed by atoms with Crippen LogP contribution in [0.2, 0.25) is 5.15 Å². The molecule has 0 atom stereocenters. The van der Waals surface area contributed by atoms with E-state index >= 15 is 0 Å². The molecule has 0 radical (unpaired) electrons. The lowest BCUT2D eigenvalue weighted by molar-refractivity contribution is -0.384. The van der Waals surface area contributed by atoms with Crippen molar-refractivity contribution in [3.63, 3.8) is 0 Å². The molecule has 0 aliphatic heterocycles. The predicted molar refractivity (Wildman–Crippen MR) is 102 cm³/mol. The molecule has 0 saturated carbocycles. The summed E-state index contributed by atoms with van der Waals surface area (Å²) in [5, 5.41) is 15.5. The molecule has 0 spiro atoms. The van der Waals surface area contributed by atoms with E-state index in [2.05, 4.69) is 15.3 Å². The molecular formula is C17H11ClN4O5S. The van der Waals surface area contributed by atoms with Gasteiger partial charge in [-0.1, -0.05) is 23.7 Å². The normalized spacial score (nSPS) is 10.3. The lowest BCUT2D eigenvalue weighted by Gasteiger charge is -2.04. The number of amides is 1. The van der Waals surface area contributed by atoms with E-state index in [1.807, 2.05) is 0 Å². The number of hydrogen-bond donors (Lipinski definition) is 1. The second-order valence-corrected chi connectivity index (χ2v) is 6.58. The van der Waals surface area contributed by atoms with Crippen molar-refractivity contribution in [2.45, 2.75) is 0 Å². The SMILES string of the molecule is O=C(COC(=O)c1ccc(Cl)nc1)Nc1nc(-c2cccc([N+](=O)[O-])c2)cs1. The van der Waals surface area contributed by atoms with Crippen molar-refractivity contribution >= 4 is 45.6 Å². The lowest BCUT2D eigenvalue weighted by Crippen LogP contribution is -2.20. The van der Waals surface area contributed by atoms with Gasteiger partial charge < -0.3 is 4.74 Å². The first kappa shape index (κ1) is 19.4. The molecular weight excluding hydrogens is 408 g/mol. The number of esters is 1. The Labute approximate surface area is 167 Å². The van der Waals surface area contributed by atoms with Crippen LogP contribution in [0, 0.1) is 10.1 Å². The van der Waals surface area contributed by atoms with Gasteiger partial charge in [-0.25, -0.2) is 14.8 Å². The second kappa shape index (κ2) is 8.55. The van der Waals surface area contributed by atoms with Crippen LogP contribution in [0.15, 0.2) is 48.0 Å². The smallest absolute Gasteiger partial charge is 0.340 e. The van der Waals surface area contributed by atoms with Gasteiger partial charge in [-0.15, -0.1) is 11.3 Å². The van der Waals surface area contributed by atoms with Gasteiger partial charge in [0.05, 0.1) is 16.2 Å². The van der Waals surface area contributed by atoms with Gasteiger partial charge in [0.15, 0.2) is 11.7 Å². The van der Waals surface area contributed by atoms with Crippen molar-refractivity contribution in [2.24, 2.45) is 0 Å². The number of benzene rings is 1. The number of halogens is 1. The van der Waals surface area contributed by atoms with Gasteiger partial charge in [-0.05, 0) is 12.1 Å². The summed E-state index contributed by atoms with van der Waals surface area (Å²) in [4.78, 5) is 42.1. The highest BCUT2D eigenvalue weighted by Crippen LogP contribution is 2.27. The Morgan fingerprint density at radius 3 is 2.82 bits per heavy atom. The molecule has 0 unspecified atom stereocenters. The van der Waals surface area contributed by atoms with E-state index in [1.54, 1.807) is 17.5 Å². The maximum absolute atomic E-state index is 11.9. The van der Waals surface area contributed by atoms with Gasteiger partial charge in [0.1, 0.15) is 5.15 Å². The fraction of sp³-hybridized carbons (Fsp3) is 0.0588. The van der Waals surface area contributed by atoms with Crippen molar-refractivity contribution in [1.82, 2.24) is 9.97 Å². The highest BCUT2D eigenvalue weighted by Gasteiger charge is 2.14. The Bertz CT molecular complexity index is 1040. The number of nitrogens with zero attached hydrogens (tertiary/aromatic N) is 3. The van der Waals surface area contributed by atoms with Crippen LogP contribution in [0.25, 0.3) is 11.3 Å². The fourth-order valence-corrected chi connectivity index (χ4v) is 2.96. The number of hydrogen-bond acceptors (Lipinski definition) is 8. The fourth-order valence-electron chi connectivity index (χ4n) is 2.11. The minimum atomic E-state index is -0.712. The number of non-ortho nitro benzene ring substituents is 1. The summed E-state index contributed by atoms with van der Waals surface area (Å²) >= 11 is 6.78. The third-order valence-corrected chi connectivity index (χ3v) is 4.38. The van der Waals surface area contributed by atoms with Gasteiger partial charge in [-0.3, -0.25) is 20.2 Å². The van der Waals surface area contributed by atoms with Crippen LogP contribution in [0.3, 0.4) is 0 Å². The number of ether oxygens (including phenoxy) is 1. The Kier molecular flexibility index (Phi) is 5.92. The summed E-state index contributed by atoms with van der Waals surface area (Å²) in [7, 11) is 0. The number of nitro groups is 1. The van der Waals surface area contributed by atoms with Crippen molar-refractivity contribution in [2.75, 3.05) is 11.9 Å². The zero-order valence-corrected chi connectivity index (χ0v) is 15.6. The zero-order valence-electron chi connectivity index (χ0n) is 14.0. The van der Waals surface area contributed by atoms with Gasteiger partial charge >= 0.3 is 5.97 Å². The number of thiazole rings is 1. The Balaban J connectivity index is 1.58. The minimum absolute atomic E-state index is 0.0558. The van der Waals surface area contributed by atoms with Crippen LogP contribution in [-0.2, 0) is 9.53 Å². The third kappa shape index (κ3) is 4.87. The maximum Gasteiger partial charge on any atom is 0.340 e. The summed E-state index contributed by atoms with van der Waals surface area (Å²) in [6, 6.07) is 8.86. The third-order valence-electron chi connectivity index (χ3n) is 3.40. The van der Waals surface area contributed by atoms with E-state index in [4.69, 9.17) is 16.3 Å². The molecule has 0 aliphatic rings. The highest BCUT2D eigenvalue weighted by molar-refractivity contribution is 7.14. The summed E-state index contributed by atoms with van der Waals surface area (Å²) < 4.78 is 4.90. The molecule has 142 valence electrons. The molecule has 0 saturated heterocycles. The van der Waals surface area contributed by atoms with E-state index in [0.717, 1.165) is 11.3 Å². The number of nitro benzene ring substituents is 1. The first-order valence-electron chi connectivity index (χ1n) is 7.71. The van der Waals surface area contributed by atoms with E-state index in [1.165, 1.54) is 30.5 Å². The Hall–Kier alpha value is -3.37. The molecule has 2 aromatic heterocycles. The number of anilines is 1. The quantitative estimate of drug-likeness (QED) is 0.281. The first-order chi connectivity index (χ1) is 13.4. The van der Waals surface area contributed by atoms with Crippen LogP contribution in [0.5, 0.6) is 0 Å². The molecule has 0 bridgehead atoms. The lowest BCUT2D eigenvalue weighted by atomic mass is 10.1. The highest BCUT2D eigenvalue weighted by atomic mass is 35.5. The molecule has 1 N–H and O–H groups in total. The number of carbonyl (C=O) groups is 2. The molecule has 3 aromatic rings. The van der Waals surface area contributed by atoms with Gasteiger partial charge in [0, 0.05) is 29.3 Å². The van der Waals surface area contributed by atoms with Crippen molar-refractivity contribution in [3.8, 4) is 11.3 Å². The van der Waals surface area contributed by atoms with Gasteiger partial charge in [-0.2, -0.15) is 0 Å². The summed E-state index contributed by atoms with van der Waals surface area (Å²) in [6.07, 6.45) is 1.24. The first-order valence-corrected chi connectivity index (χ1v) is 8.97.